The molecule has 4 aromatic rings. The second-order valence-electron chi connectivity index (χ2n) is 7.95. The number of hydrogen-bond acceptors (Lipinski definition) is 5. The molecule has 1 unspecified atom stereocenters. The molecule has 0 saturated carbocycles. The van der Waals surface area contributed by atoms with Crippen molar-refractivity contribution in [2.24, 2.45) is 0 Å². The fraction of sp³-hybridized carbons (Fsp3) is 0.222. The van der Waals surface area contributed by atoms with Crippen molar-refractivity contribution in [2.45, 2.75) is 25.7 Å². The van der Waals surface area contributed by atoms with E-state index in [0.717, 1.165) is 33.8 Å². The van der Waals surface area contributed by atoms with E-state index in [2.05, 4.69) is 18.3 Å². The third-order valence-electron chi connectivity index (χ3n) is 5.61. The van der Waals surface area contributed by atoms with Crippen molar-refractivity contribution < 1.29 is 19.4 Å². The highest BCUT2D eigenvalue weighted by Crippen LogP contribution is 2.31. The summed E-state index contributed by atoms with van der Waals surface area (Å²) in [5.41, 5.74) is 3.68. The minimum absolute atomic E-state index is 0.0966. The number of nitrogens with zero attached hydrogens (tertiary/aromatic N) is 1. The third kappa shape index (κ3) is 5.80. The molecule has 0 saturated heterocycles. The highest BCUT2D eigenvalue weighted by molar-refractivity contribution is 7.21. The number of aromatic nitrogens is 1. The quantitative estimate of drug-likeness (QED) is 0.306. The number of carbonyl (C=O) groups is 2. The number of para-hydroxylation sites is 1. The molecule has 1 atom stereocenters. The molecule has 1 amide bonds. The third-order valence-corrected chi connectivity index (χ3v) is 6.69. The van der Waals surface area contributed by atoms with E-state index in [1.807, 2.05) is 54.6 Å². The molecule has 1 heterocycles. The number of rotatable bonds is 10. The minimum atomic E-state index is -0.937. The Morgan fingerprint density at radius 3 is 2.44 bits per heavy atom. The molecular formula is C27H26N2O4S. The van der Waals surface area contributed by atoms with E-state index < -0.39 is 5.97 Å². The van der Waals surface area contributed by atoms with Gasteiger partial charge < -0.3 is 15.2 Å². The van der Waals surface area contributed by atoms with Crippen molar-refractivity contribution in [3.63, 3.8) is 0 Å². The molecule has 0 fully saturated rings. The highest BCUT2D eigenvalue weighted by Gasteiger charge is 2.13. The molecule has 0 aliphatic heterocycles. The van der Waals surface area contributed by atoms with Crippen LogP contribution in [-0.4, -0.2) is 35.1 Å². The molecule has 3 aromatic carbocycles. The Bertz CT molecular complexity index is 1230. The first-order chi connectivity index (χ1) is 16.5. The number of fused-ring (bicyclic) bond motifs is 1. The molecule has 7 heteroatoms. The standard InChI is InChI=1S/C27H26N2O4S/c1-2-18(19-7-9-20(10-8-19)26(32)28-16-15-25(30)31)17-33-22-13-11-21(12-14-22)27-29-23-5-3-4-6-24(23)34-27/h3-14,18H,2,15-17H2,1H3,(H,28,32)(H,30,31). The lowest BCUT2D eigenvalue weighted by molar-refractivity contribution is -0.136. The maximum Gasteiger partial charge on any atom is 0.305 e. The second-order valence-corrected chi connectivity index (χ2v) is 8.98. The summed E-state index contributed by atoms with van der Waals surface area (Å²) in [5, 5.41) is 12.3. The number of benzene rings is 3. The van der Waals surface area contributed by atoms with Gasteiger partial charge in [-0.2, -0.15) is 0 Å². The number of amides is 1. The van der Waals surface area contributed by atoms with Gasteiger partial charge in [-0.1, -0.05) is 31.2 Å². The number of thiazole rings is 1. The number of carboxylic acids is 1. The van der Waals surface area contributed by atoms with Gasteiger partial charge in [-0.3, -0.25) is 9.59 Å². The first-order valence-corrected chi connectivity index (χ1v) is 12.0. The van der Waals surface area contributed by atoms with E-state index in [-0.39, 0.29) is 24.8 Å². The summed E-state index contributed by atoms with van der Waals surface area (Å²) < 4.78 is 7.24. The Balaban J connectivity index is 1.34. The minimum Gasteiger partial charge on any atom is -0.493 e. The van der Waals surface area contributed by atoms with Crippen LogP contribution in [0.3, 0.4) is 0 Å². The summed E-state index contributed by atoms with van der Waals surface area (Å²) in [4.78, 5) is 27.4. The number of ether oxygens (including phenoxy) is 1. The van der Waals surface area contributed by atoms with Crippen LogP contribution in [0, 0.1) is 0 Å². The zero-order chi connectivity index (χ0) is 23.9. The SMILES string of the molecule is CCC(COc1ccc(-c2nc3ccccc3s2)cc1)c1ccc(C(=O)NCCC(=O)O)cc1. The Morgan fingerprint density at radius 2 is 1.76 bits per heavy atom. The molecule has 0 aliphatic rings. The summed E-state index contributed by atoms with van der Waals surface area (Å²) >= 11 is 1.68. The van der Waals surface area contributed by atoms with Crippen molar-refractivity contribution in [3.05, 3.63) is 83.9 Å². The van der Waals surface area contributed by atoms with Gasteiger partial charge in [0.1, 0.15) is 10.8 Å². The fourth-order valence-electron chi connectivity index (χ4n) is 3.63. The smallest absolute Gasteiger partial charge is 0.305 e. The molecule has 1 aromatic heterocycles. The van der Waals surface area contributed by atoms with E-state index in [4.69, 9.17) is 14.8 Å². The summed E-state index contributed by atoms with van der Waals surface area (Å²) in [6.45, 7) is 2.75. The van der Waals surface area contributed by atoms with Crippen LogP contribution in [0.2, 0.25) is 0 Å². The van der Waals surface area contributed by atoms with E-state index in [1.165, 1.54) is 4.70 Å². The molecule has 0 spiro atoms. The molecular weight excluding hydrogens is 448 g/mol. The predicted octanol–water partition coefficient (Wildman–Crippen LogP) is 5.74. The summed E-state index contributed by atoms with van der Waals surface area (Å²) in [6.07, 6.45) is 0.800. The Morgan fingerprint density at radius 1 is 1.03 bits per heavy atom. The lowest BCUT2D eigenvalue weighted by atomic mass is 9.96. The van der Waals surface area contributed by atoms with Crippen LogP contribution in [0.5, 0.6) is 5.75 Å². The lowest BCUT2D eigenvalue weighted by Crippen LogP contribution is -2.26. The van der Waals surface area contributed by atoms with Crippen molar-refractivity contribution in [2.75, 3.05) is 13.2 Å². The largest absolute Gasteiger partial charge is 0.493 e. The Labute approximate surface area is 202 Å². The molecule has 0 bridgehead atoms. The normalized spacial score (nSPS) is 11.8. The first-order valence-electron chi connectivity index (χ1n) is 11.2. The van der Waals surface area contributed by atoms with Gasteiger partial charge in [0.05, 0.1) is 23.2 Å². The Hall–Kier alpha value is -3.71. The van der Waals surface area contributed by atoms with E-state index >= 15 is 0 Å². The molecule has 174 valence electrons. The molecule has 0 aliphatic carbocycles. The van der Waals surface area contributed by atoms with Crippen LogP contribution in [0.1, 0.15) is 41.6 Å². The van der Waals surface area contributed by atoms with Crippen molar-refractivity contribution >= 4 is 33.4 Å². The number of hydrogen-bond donors (Lipinski definition) is 2. The van der Waals surface area contributed by atoms with Gasteiger partial charge in [0.25, 0.3) is 5.91 Å². The van der Waals surface area contributed by atoms with Crippen LogP contribution in [-0.2, 0) is 4.79 Å². The summed E-state index contributed by atoms with van der Waals surface area (Å²) in [5.74, 6) is -0.219. The first kappa shape index (κ1) is 23.4. The summed E-state index contributed by atoms with van der Waals surface area (Å²) in [7, 11) is 0. The van der Waals surface area contributed by atoms with Crippen LogP contribution < -0.4 is 10.1 Å². The maximum atomic E-state index is 12.1. The number of nitrogens with one attached hydrogen (secondary N) is 1. The average molecular weight is 475 g/mol. The van der Waals surface area contributed by atoms with Crippen LogP contribution >= 0.6 is 11.3 Å². The number of carboxylic acid groups (broad SMARTS) is 1. The van der Waals surface area contributed by atoms with Crippen LogP contribution in [0.25, 0.3) is 20.8 Å². The number of aliphatic carboxylic acids is 1. The Kier molecular flexibility index (Phi) is 7.54. The van der Waals surface area contributed by atoms with Crippen LogP contribution in [0.15, 0.2) is 72.8 Å². The zero-order valence-electron chi connectivity index (χ0n) is 18.9. The van der Waals surface area contributed by atoms with Crippen molar-refractivity contribution in [1.29, 1.82) is 0 Å². The van der Waals surface area contributed by atoms with E-state index in [9.17, 15) is 9.59 Å². The number of carbonyl (C=O) groups excluding carboxylic acids is 1. The van der Waals surface area contributed by atoms with Crippen molar-refractivity contribution in [3.8, 4) is 16.3 Å². The van der Waals surface area contributed by atoms with E-state index in [0.29, 0.717) is 12.2 Å². The molecule has 6 nitrogen and oxygen atoms in total. The van der Waals surface area contributed by atoms with Gasteiger partial charge in [-0.05, 0) is 60.5 Å². The maximum absolute atomic E-state index is 12.1. The molecule has 0 radical (unpaired) electrons. The van der Waals surface area contributed by atoms with Gasteiger partial charge in [0.2, 0.25) is 0 Å². The van der Waals surface area contributed by atoms with Gasteiger partial charge in [-0.25, -0.2) is 4.98 Å². The summed E-state index contributed by atoms with van der Waals surface area (Å²) in [6, 6.07) is 23.5. The topological polar surface area (TPSA) is 88.5 Å². The second kappa shape index (κ2) is 10.9. The highest BCUT2D eigenvalue weighted by atomic mass is 32.1. The average Bonchev–Trinajstić information content (AvgIpc) is 3.29. The van der Waals surface area contributed by atoms with Gasteiger partial charge in [-0.15, -0.1) is 11.3 Å². The molecule has 2 N–H and O–H groups in total. The van der Waals surface area contributed by atoms with Crippen molar-refractivity contribution in [1.82, 2.24) is 10.3 Å². The van der Waals surface area contributed by atoms with Gasteiger partial charge >= 0.3 is 5.97 Å². The van der Waals surface area contributed by atoms with Gasteiger partial charge in [0, 0.05) is 23.6 Å². The monoisotopic (exact) mass is 474 g/mol. The lowest BCUT2D eigenvalue weighted by Gasteiger charge is -2.17. The predicted molar refractivity (Wildman–Crippen MR) is 135 cm³/mol. The zero-order valence-corrected chi connectivity index (χ0v) is 19.7. The van der Waals surface area contributed by atoms with Gasteiger partial charge in [0.15, 0.2) is 0 Å². The van der Waals surface area contributed by atoms with E-state index in [1.54, 1.807) is 23.5 Å². The fourth-order valence-corrected chi connectivity index (χ4v) is 4.60. The van der Waals surface area contributed by atoms with Crippen LogP contribution in [0.4, 0.5) is 0 Å². The molecule has 34 heavy (non-hydrogen) atoms. The molecule has 4 rings (SSSR count).